The fourth-order valence-corrected chi connectivity index (χ4v) is 5.40. The van der Waals surface area contributed by atoms with E-state index in [1.54, 1.807) is 6.33 Å². The molecule has 0 atom stereocenters. The Morgan fingerprint density at radius 1 is 1.24 bits per heavy atom. The fourth-order valence-electron chi connectivity index (χ4n) is 5.40. The minimum absolute atomic E-state index is 0.128. The van der Waals surface area contributed by atoms with E-state index >= 15 is 0 Å². The van der Waals surface area contributed by atoms with Gasteiger partial charge < -0.3 is 10.3 Å². The van der Waals surface area contributed by atoms with E-state index < -0.39 is 0 Å². The minimum atomic E-state index is 0.128. The van der Waals surface area contributed by atoms with Gasteiger partial charge in [-0.25, -0.2) is 9.50 Å². The number of hydrogen-bond donors (Lipinski definition) is 2. The highest BCUT2D eigenvalue weighted by atomic mass is 16.2. The van der Waals surface area contributed by atoms with E-state index in [2.05, 4.69) is 76.5 Å². The van der Waals surface area contributed by atoms with E-state index in [-0.39, 0.29) is 5.91 Å². The van der Waals surface area contributed by atoms with E-state index in [4.69, 9.17) is 0 Å². The van der Waals surface area contributed by atoms with Crippen molar-refractivity contribution in [1.82, 2.24) is 29.8 Å². The van der Waals surface area contributed by atoms with Crippen LogP contribution in [0.4, 0.5) is 0 Å². The lowest BCUT2D eigenvalue weighted by molar-refractivity contribution is -0.122. The Morgan fingerprint density at radius 3 is 2.76 bits per heavy atom. The van der Waals surface area contributed by atoms with Crippen molar-refractivity contribution in [3.63, 3.8) is 0 Å². The second-order valence-electron chi connectivity index (χ2n) is 9.81. The SMILES string of the molecule is CCNC(=O)CN1CCC(c2ccc3[nH]c(-c4cn5ncnc5cc4C)c(C(C)C)c3c2)CC1. The first-order chi connectivity index (χ1) is 16.4. The second-order valence-corrected chi connectivity index (χ2v) is 9.81. The van der Waals surface area contributed by atoms with Gasteiger partial charge in [-0.05, 0) is 86.5 Å². The van der Waals surface area contributed by atoms with Crippen LogP contribution in [0.2, 0.25) is 0 Å². The van der Waals surface area contributed by atoms with Crippen molar-refractivity contribution in [2.24, 2.45) is 0 Å². The molecule has 7 heteroatoms. The lowest BCUT2D eigenvalue weighted by Gasteiger charge is -2.31. The van der Waals surface area contributed by atoms with Crippen LogP contribution in [0.3, 0.4) is 0 Å². The standard InChI is InChI=1S/C27H34N6O/c1-5-28-25(34)15-32-10-8-19(9-11-32)20-6-7-23-21(13-20)26(17(2)3)27(31-23)22-14-33-24(12-18(22)4)29-16-30-33/h6-7,12-14,16-17,19,31H,5,8-11,15H2,1-4H3,(H,28,34). The molecule has 5 rings (SSSR count). The molecule has 0 unspecified atom stereocenters. The number of carbonyl (C=O) groups is 1. The smallest absolute Gasteiger partial charge is 0.234 e. The predicted molar refractivity (Wildman–Crippen MR) is 136 cm³/mol. The highest BCUT2D eigenvalue weighted by Crippen LogP contribution is 2.39. The van der Waals surface area contributed by atoms with Crippen LogP contribution in [0.25, 0.3) is 27.8 Å². The summed E-state index contributed by atoms with van der Waals surface area (Å²) in [6.07, 6.45) is 5.85. The number of nitrogens with one attached hydrogen (secondary N) is 2. The molecular formula is C27H34N6O. The summed E-state index contributed by atoms with van der Waals surface area (Å²) in [6, 6.07) is 9.02. The van der Waals surface area contributed by atoms with Crippen LogP contribution in [0.15, 0.2) is 36.8 Å². The number of likely N-dealkylation sites (N-methyl/N-ethyl adjacent to an activating group) is 1. The number of aromatic nitrogens is 4. The number of aromatic amines is 1. The second kappa shape index (κ2) is 9.22. The van der Waals surface area contributed by atoms with Crippen LogP contribution < -0.4 is 5.32 Å². The van der Waals surface area contributed by atoms with E-state index in [9.17, 15) is 4.79 Å². The molecule has 1 aliphatic rings. The summed E-state index contributed by atoms with van der Waals surface area (Å²) in [6.45, 7) is 11.8. The number of pyridine rings is 1. The molecule has 4 aromatic rings. The molecule has 2 N–H and O–H groups in total. The quantitative estimate of drug-likeness (QED) is 0.442. The number of hydrogen-bond acceptors (Lipinski definition) is 4. The van der Waals surface area contributed by atoms with E-state index in [1.807, 2.05) is 11.4 Å². The maximum absolute atomic E-state index is 11.9. The molecule has 1 saturated heterocycles. The van der Waals surface area contributed by atoms with Gasteiger partial charge in [-0.1, -0.05) is 19.9 Å². The zero-order chi connectivity index (χ0) is 23.8. The van der Waals surface area contributed by atoms with Gasteiger partial charge in [-0.15, -0.1) is 0 Å². The maximum Gasteiger partial charge on any atom is 0.234 e. The summed E-state index contributed by atoms with van der Waals surface area (Å²) >= 11 is 0. The van der Waals surface area contributed by atoms with Gasteiger partial charge in [0.25, 0.3) is 0 Å². The van der Waals surface area contributed by atoms with Gasteiger partial charge in [0.2, 0.25) is 5.91 Å². The average molecular weight is 459 g/mol. The van der Waals surface area contributed by atoms with Crippen LogP contribution >= 0.6 is 0 Å². The molecule has 1 amide bonds. The normalized spacial score (nSPS) is 15.6. The molecule has 4 heterocycles. The Balaban J connectivity index is 1.45. The van der Waals surface area contributed by atoms with E-state index in [1.165, 1.54) is 33.3 Å². The topological polar surface area (TPSA) is 78.3 Å². The fraction of sp³-hybridized carbons (Fsp3) is 0.444. The van der Waals surface area contributed by atoms with Crippen LogP contribution in [0.5, 0.6) is 0 Å². The highest BCUT2D eigenvalue weighted by Gasteiger charge is 2.24. The number of likely N-dealkylation sites (tertiary alicyclic amines) is 1. The van der Waals surface area contributed by atoms with Crippen LogP contribution in [0, 0.1) is 6.92 Å². The van der Waals surface area contributed by atoms with Gasteiger partial charge in [-0.2, -0.15) is 5.10 Å². The molecule has 1 aliphatic heterocycles. The van der Waals surface area contributed by atoms with Crippen molar-refractivity contribution in [1.29, 1.82) is 0 Å². The molecule has 3 aromatic heterocycles. The number of rotatable bonds is 6. The largest absolute Gasteiger partial charge is 0.355 e. The Hall–Kier alpha value is -3.19. The number of carbonyl (C=O) groups excluding carboxylic acids is 1. The Labute approximate surface area is 200 Å². The number of fused-ring (bicyclic) bond motifs is 2. The minimum Gasteiger partial charge on any atom is -0.355 e. The number of nitrogens with zero attached hydrogens (tertiary/aromatic N) is 4. The van der Waals surface area contributed by atoms with Gasteiger partial charge >= 0.3 is 0 Å². The molecule has 1 aromatic carbocycles. The van der Waals surface area contributed by atoms with Gasteiger partial charge in [0.05, 0.1) is 12.2 Å². The van der Waals surface area contributed by atoms with E-state index in [0.717, 1.165) is 37.1 Å². The molecule has 1 fully saturated rings. The predicted octanol–water partition coefficient (Wildman–Crippen LogP) is 4.62. The van der Waals surface area contributed by atoms with Crippen molar-refractivity contribution in [2.45, 2.75) is 52.4 Å². The van der Waals surface area contributed by atoms with Gasteiger partial charge in [-0.3, -0.25) is 9.69 Å². The van der Waals surface area contributed by atoms with Gasteiger partial charge in [0.1, 0.15) is 6.33 Å². The molecule has 7 nitrogen and oxygen atoms in total. The third kappa shape index (κ3) is 4.20. The Morgan fingerprint density at radius 2 is 2.03 bits per heavy atom. The first-order valence-electron chi connectivity index (χ1n) is 12.4. The van der Waals surface area contributed by atoms with Gasteiger partial charge in [0.15, 0.2) is 5.65 Å². The van der Waals surface area contributed by atoms with Crippen molar-refractivity contribution < 1.29 is 4.79 Å². The molecule has 0 spiro atoms. The maximum atomic E-state index is 11.9. The summed E-state index contributed by atoms with van der Waals surface area (Å²) in [5.74, 6) is 1.04. The van der Waals surface area contributed by atoms with Crippen molar-refractivity contribution in [3.8, 4) is 11.3 Å². The molecule has 34 heavy (non-hydrogen) atoms. The zero-order valence-electron chi connectivity index (χ0n) is 20.6. The highest BCUT2D eigenvalue weighted by molar-refractivity contribution is 5.92. The summed E-state index contributed by atoms with van der Waals surface area (Å²) in [5.41, 5.74) is 8.33. The number of piperidine rings is 1. The van der Waals surface area contributed by atoms with Crippen molar-refractivity contribution in [2.75, 3.05) is 26.2 Å². The Bertz CT molecular complexity index is 1330. The molecular weight excluding hydrogens is 424 g/mol. The number of benzene rings is 1. The molecule has 0 saturated carbocycles. The molecule has 178 valence electrons. The molecule has 0 aliphatic carbocycles. The Kier molecular flexibility index (Phi) is 6.13. The zero-order valence-corrected chi connectivity index (χ0v) is 20.6. The van der Waals surface area contributed by atoms with Crippen LogP contribution in [0.1, 0.15) is 62.1 Å². The lowest BCUT2D eigenvalue weighted by atomic mass is 9.87. The van der Waals surface area contributed by atoms with Crippen molar-refractivity contribution in [3.05, 3.63) is 53.5 Å². The number of aryl methyl sites for hydroxylation is 1. The first kappa shape index (κ1) is 22.6. The van der Waals surface area contributed by atoms with Gasteiger partial charge in [0, 0.05) is 29.2 Å². The molecule has 0 radical (unpaired) electrons. The number of H-pyrrole nitrogens is 1. The third-order valence-electron chi connectivity index (χ3n) is 7.13. The summed E-state index contributed by atoms with van der Waals surface area (Å²) in [4.78, 5) is 22.3. The summed E-state index contributed by atoms with van der Waals surface area (Å²) in [5, 5.41) is 8.56. The van der Waals surface area contributed by atoms with E-state index in [0.29, 0.717) is 24.9 Å². The lowest BCUT2D eigenvalue weighted by Crippen LogP contribution is -2.41. The summed E-state index contributed by atoms with van der Waals surface area (Å²) in [7, 11) is 0. The van der Waals surface area contributed by atoms with Crippen LogP contribution in [-0.2, 0) is 4.79 Å². The average Bonchev–Trinajstić information content (AvgIpc) is 3.42. The van der Waals surface area contributed by atoms with Crippen LogP contribution in [-0.4, -0.2) is 56.6 Å². The number of amides is 1. The summed E-state index contributed by atoms with van der Waals surface area (Å²) < 4.78 is 1.85. The van der Waals surface area contributed by atoms with Crippen molar-refractivity contribution >= 4 is 22.5 Å². The first-order valence-corrected chi connectivity index (χ1v) is 12.4. The molecule has 0 bridgehead atoms. The monoisotopic (exact) mass is 458 g/mol. The third-order valence-corrected chi connectivity index (χ3v) is 7.13.